The van der Waals surface area contributed by atoms with Crippen molar-refractivity contribution in [1.29, 1.82) is 0 Å². The molecule has 0 fully saturated rings. The fourth-order valence-corrected chi connectivity index (χ4v) is 2.52. The summed E-state index contributed by atoms with van der Waals surface area (Å²) < 4.78 is 12.0. The molecule has 0 radical (unpaired) electrons. The van der Waals surface area contributed by atoms with Crippen LogP contribution < -0.4 is 0 Å². The summed E-state index contributed by atoms with van der Waals surface area (Å²) in [5, 5.41) is 0. The fraction of sp³-hybridized carbons (Fsp3) is 0.143. The number of Topliss-reactive ketones (excluding diaryl/α,β-unsaturated/α-hetero) is 1. The summed E-state index contributed by atoms with van der Waals surface area (Å²) in [4.78, 5) is 16.4. The molecule has 0 N–H and O–H groups in total. The highest BCUT2D eigenvalue weighted by Gasteiger charge is 2.11. The zero-order valence-corrected chi connectivity index (χ0v) is 10.8. The van der Waals surface area contributed by atoms with Crippen LogP contribution in [0.15, 0.2) is 53.7 Å². The molecule has 0 aliphatic heterocycles. The Hall–Kier alpha value is -1.81. The highest BCUT2D eigenvalue weighted by molar-refractivity contribution is 7.85. The number of benzene rings is 1. The van der Waals surface area contributed by atoms with Crippen LogP contribution in [0.2, 0.25) is 0 Å². The first-order valence-corrected chi connectivity index (χ1v) is 6.87. The van der Waals surface area contributed by atoms with Crippen molar-refractivity contribution in [3.05, 3.63) is 59.9 Å². The monoisotopic (exact) mass is 259 g/mol. The number of carbonyl (C=O) groups is 1. The predicted molar refractivity (Wildman–Crippen MR) is 71.0 cm³/mol. The first kappa shape index (κ1) is 12.6. The maximum atomic E-state index is 12.0. The van der Waals surface area contributed by atoms with E-state index < -0.39 is 10.8 Å². The molecule has 1 heterocycles. The molecule has 0 amide bonds. The highest BCUT2D eigenvalue weighted by atomic mass is 32.2. The average molecular weight is 259 g/mol. The highest BCUT2D eigenvalue weighted by Crippen LogP contribution is 2.10. The summed E-state index contributed by atoms with van der Waals surface area (Å²) in [6.45, 7) is 1.97. The maximum absolute atomic E-state index is 12.0. The summed E-state index contributed by atoms with van der Waals surface area (Å²) in [5.41, 5.74) is 1.65. The Morgan fingerprint density at radius 3 is 2.33 bits per heavy atom. The molecule has 0 saturated heterocycles. The number of aryl methyl sites for hydroxylation is 1. The van der Waals surface area contributed by atoms with Gasteiger partial charge in [0.05, 0.1) is 16.6 Å². The van der Waals surface area contributed by atoms with Crippen molar-refractivity contribution in [2.45, 2.75) is 11.8 Å². The summed E-state index contributed by atoms with van der Waals surface area (Å²) in [6.07, 6.45) is 3.12. The smallest absolute Gasteiger partial charge is 0.175 e. The molecule has 0 bridgehead atoms. The van der Waals surface area contributed by atoms with E-state index in [9.17, 15) is 9.00 Å². The minimum atomic E-state index is -1.29. The van der Waals surface area contributed by atoms with E-state index in [4.69, 9.17) is 0 Å². The molecule has 0 spiro atoms. The third-order valence-corrected chi connectivity index (χ3v) is 3.87. The Morgan fingerprint density at radius 1 is 1.11 bits per heavy atom. The van der Waals surface area contributed by atoms with E-state index in [1.807, 2.05) is 19.1 Å². The van der Waals surface area contributed by atoms with Gasteiger partial charge in [-0.25, -0.2) is 0 Å². The second kappa shape index (κ2) is 5.69. The maximum Gasteiger partial charge on any atom is 0.175 e. The summed E-state index contributed by atoms with van der Waals surface area (Å²) in [5.74, 6) is -0.121. The van der Waals surface area contributed by atoms with Crippen LogP contribution in [0.25, 0.3) is 0 Å². The first-order valence-electron chi connectivity index (χ1n) is 5.55. The van der Waals surface area contributed by atoms with Crippen LogP contribution in [-0.2, 0) is 10.8 Å². The normalized spacial score (nSPS) is 12.1. The quantitative estimate of drug-likeness (QED) is 0.792. The molecule has 2 rings (SSSR count). The number of pyridine rings is 1. The van der Waals surface area contributed by atoms with Crippen LogP contribution in [0.3, 0.4) is 0 Å². The average Bonchev–Trinajstić information content (AvgIpc) is 2.40. The van der Waals surface area contributed by atoms with Gasteiger partial charge in [0.1, 0.15) is 0 Å². The van der Waals surface area contributed by atoms with Gasteiger partial charge in [-0.2, -0.15) is 0 Å². The van der Waals surface area contributed by atoms with Gasteiger partial charge in [0.25, 0.3) is 0 Å². The molecule has 0 aliphatic carbocycles. The Balaban J connectivity index is 2.08. The summed E-state index contributed by atoms with van der Waals surface area (Å²) in [7, 11) is -1.29. The minimum Gasteiger partial charge on any atom is -0.293 e. The van der Waals surface area contributed by atoms with E-state index in [1.165, 1.54) is 0 Å². The lowest BCUT2D eigenvalue weighted by Gasteiger charge is -2.02. The predicted octanol–water partition coefficient (Wildman–Crippen LogP) is 2.38. The lowest BCUT2D eigenvalue weighted by molar-refractivity contribution is 0.102. The molecule has 18 heavy (non-hydrogen) atoms. The number of hydrogen-bond donors (Lipinski definition) is 0. The van der Waals surface area contributed by atoms with E-state index in [0.29, 0.717) is 10.5 Å². The second-order valence-electron chi connectivity index (χ2n) is 3.96. The molecule has 4 heteroatoms. The number of carbonyl (C=O) groups excluding carboxylic acids is 1. The van der Waals surface area contributed by atoms with Crippen molar-refractivity contribution in [3.63, 3.8) is 0 Å². The van der Waals surface area contributed by atoms with Gasteiger partial charge in [-0.05, 0) is 31.2 Å². The van der Waals surface area contributed by atoms with Gasteiger partial charge in [-0.3, -0.25) is 14.0 Å². The number of aromatic nitrogens is 1. The zero-order valence-electron chi connectivity index (χ0n) is 10.00. The zero-order chi connectivity index (χ0) is 13.0. The lowest BCUT2D eigenvalue weighted by Crippen LogP contribution is -2.11. The van der Waals surface area contributed by atoms with Gasteiger partial charge in [0, 0.05) is 22.9 Å². The Bertz CT molecular complexity index is 564. The van der Waals surface area contributed by atoms with Gasteiger partial charge < -0.3 is 0 Å². The van der Waals surface area contributed by atoms with Gasteiger partial charge in [-0.15, -0.1) is 0 Å². The molecule has 1 aromatic heterocycles. The molecule has 0 aliphatic rings. The third-order valence-electron chi connectivity index (χ3n) is 2.55. The van der Waals surface area contributed by atoms with Gasteiger partial charge in [-0.1, -0.05) is 17.7 Å². The molecule has 1 atom stereocenters. The van der Waals surface area contributed by atoms with Crippen molar-refractivity contribution in [2.75, 3.05) is 5.75 Å². The van der Waals surface area contributed by atoms with E-state index in [0.717, 1.165) is 5.56 Å². The first-order chi connectivity index (χ1) is 8.66. The van der Waals surface area contributed by atoms with Crippen LogP contribution in [0, 0.1) is 6.92 Å². The van der Waals surface area contributed by atoms with Crippen molar-refractivity contribution in [2.24, 2.45) is 0 Å². The van der Waals surface area contributed by atoms with Gasteiger partial charge in [0.15, 0.2) is 5.78 Å². The van der Waals surface area contributed by atoms with Crippen molar-refractivity contribution in [3.8, 4) is 0 Å². The molecule has 3 nitrogen and oxygen atoms in total. The summed E-state index contributed by atoms with van der Waals surface area (Å²) >= 11 is 0. The van der Waals surface area contributed by atoms with E-state index >= 15 is 0 Å². The summed E-state index contributed by atoms with van der Waals surface area (Å²) in [6, 6.07) is 10.6. The molecular formula is C14H13NO2S. The SMILES string of the molecule is Cc1ccc(S(=O)CC(=O)c2ccncc2)cc1. The number of hydrogen-bond acceptors (Lipinski definition) is 3. The van der Waals surface area contributed by atoms with Crippen LogP contribution >= 0.6 is 0 Å². The van der Waals surface area contributed by atoms with Gasteiger partial charge in [0.2, 0.25) is 0 Å². The third kappa shape index (κ3) is 3.11. The van der Waals surface area contributed by atoms with E-state index in [1.54, 1.807) is 36.7 Å². The van der Waals surface area contributed by atoms with Crippen molar-refractivity contribution >= 4 is 16.6 Å². The largest absolute Gasteiger partial charge is 0.293 e. The molecule has 1 aromatic carbocycles. The standard InChI is InChI=1S/C14H13NO2S/c1-11-2-4-13(5-3-11)18(17)10-14(16)12-6-8-15-9-7-12/h2-9H,10H2,1H3. The molecule has 1 unspecified atom stereocenters. The molecule has 0 saturated carbocycles. The van der Waals surface area contributed by atoms with E-state index in [-0.39, 0.29) is 11.5 Å². The molecule has 2 aromatic rings. The Kier molecular flexibility index (Phi) is 3.99. The van der Waals surface area contributed by atoms with Gasteiger partial charge >= 0.3 is 0 Å². The van der Waals surface area contributed by atoms with Crippen LogP contribution in [-0.4, -0.2) is 20.7 Å². The lowest BCUT2D eigenvalue weighted by atomic mass is 10.2. The van der Waals surface area contributed by atoms with Crippen LogP contribution in [0.5, 0.6) is 0 Å². The fourth-order valence-electron chi connectivity index (χ4n) is 1.51. The number of nitrogens with zero attached hydrogens (tertiary/aromatic N) is 1. The number of ketones is 1. The van der Waals surface area contributed by atoms with Crippen molar-refractivity contribution < 1.29 is 9.00 Å². The molecular weight excluding hydrogens is 246 g/mol. The van der Waals surface area contributed by atoms with Crippen molar-refractivity contribution in [1.82, 2.24) is 4.98 Å². The minimum absolute atomic E-state index is 0.00702. The Morgan fingerprint density at radius 2 is 1.72 bits per heavy atom. The van der Waals surface area contributed by atoms with Crippen LogP contribution in [0.1, 0.15) is 15.9 Å². The van der Waals surface area contributed by atoms with E-state index in [2.05, 4.69) is 4.98 Å². The van der Waals surface area contributed by atoms with Crippen LogP contribution in [0.4, 0.5) is 0 Å². The number of rotatable bonds is 4. The topological polar surface area (TPSA) is 47.0 Å². The Labute approximate surface area is 108 Å². The second-order valence-corrected chi connectivity index (χ2v) is 5.41. The molecule has 92 valence electrons.